The van der Waals surface area contributed by atoms with Crippen molar-refractivity contribution in [2.24, 2.45) is 5.92 Å². The second-order valence-electron chi connectivity index (χ2n) is 10.6. The van der Waals surface area contributed by atoms with Crippen LogP contribution in [0.1, 0.15) is 64.8 Å². The lowest BCUT2D eigenvalue weighted by molar-refractivity contribution is -0.124. The number of ether oxygens (including phenoxy) is 2. The molecule has 0 saturated heterocycles. The number of thiophene rings is 1. The summed E-state index contributed by atoms with van der Waals surface area (Å²) in [7, 11) is 0. The van der Waals surface area contributed by atoms with Crippen molar-refractivity contribution in [2.75, 3.05) is 11.9 Å². The highest BCUT2D eigenvalue weighted by molar-refractivity contribution is 7.17. The Balaban J connectivity index is 1.24. The second kappa shape index (κ2) is 12.5. The summed E-state index contributed by atoms with van der Waals surface area (Å²) in [6.07, 6.45) is 4.79. The lowest BCUT2D eigenvalue weighted by Crippen LogP contribution is -2.32. The molecule has 5 aromatic rings. The van der Waals surface area contributed by atoms with Gasteiger partial charge in [-0.3, -0.25) is 4.79 Å². The number of esters is 2. The van der Waals surface area contributed by atoms with E-state index in [1.807, 2.05) is 0 Å². The lowest BCUT2D eigenvalue weighted by Gasteiger charge is -2.18. The molecule has 1 aliphatic carbocycles. The first-order valence-corrected chi connectivity index (χ1v) is 15.4. The first kappa shape index (κ1) is 29.3. The Bertz CT molecular complexity index is 1830. The monoisotopic (exact) mass is 613 g/mol. The van der Waals surface area contributed by atoms with Crippen LogP contribution in [-0.4, -0.2) is 40.5 Å². The van der Waals surface area contributed by atoms with Crippen molar-refractivity contribution < 1.29 is 32.7 Å². The Kier molecular flexibility index (Phi) is 8.30. The van der Waals surface area contributed by atoms with Crippen molar-refractivity contribution in [3.63, 3.8) is 0 Å². The van der Waals surface area contributed by atoms with E-state index in [1.165, 1.54) is 11.3 Å². The third kappa shape index (κ3) is 5.74. The van der Waals surface area contributed by atoms with Gasteiger partial charge in [0, 0.05) is 4.88 Å². The molecule has 1 amide bonds. The van der Waals surface area contributed by atoms with E-state index < -0.39 is 23.9 Å². The molecule has 0 aliphatic heterocycles. The average molecular weight is 614 g/mol. The van der Waals surface area contributed by atoms with Crippen molar-refractivity contribution in [3.8, 4) is 22.9 Å². The van der Waals surface area contributed by atoms with Crippen LogP contribution in [0.25, 0.3) is 33.9 Å². The van der Waals surface area contributed by atoms with E-state index in [1.54, 1.807) is 68.8 Å². The number of furan rings is 2. The van der Waals surface area contributed by atoms with Crippen LogP contribution in [-0.2, 0) is 27.1 Å². The van der Waals surface area contributed by atoms with E-state index in [-0.39, 0.29) is 18.6 Å². The zero-order chi connectivity index (χ0) is 30.8. The maximum Gasteiger partial charge on any atom is 0.341 e. The minimum Gasteiger partial charge on any atom is -0.463 e. The molecule has 1 aliphatic rings. The van der Waals surface area contributed by atoms with Gasteiger partial charge in [-0.05, 0) is 86.6 Å². The maximum absolute atomic E-state index is 13.4. The Labute approximate surface area is 257 Å². The van der Waals surface area contributed by atoms with Gasteiger partial charge in [-0.15, -0.1) is 11.3 Å². The standard InChI is InChI=1S/C33H31N3O7S/c1-4-23(30(37)36-31-27(33(39)40-5-2)20-12-10-18(3)16-26(20)44-31)43-32(38)19-11-13-21-22(17-19)35-29(25-9-7-15-42-25)28(34-21)24-8-6-14-41-24/h6-9,11,13-15,17-18,23H,4-5,10,12,16H2,1-3H3,(H,36,37). The highest BCUT2D eigenvalue weighted by Gasteiger charge is 2.31. The molecule has 226 valence electrons. The topological polar surface area (TPSA) is 134 Å². The van der Waals surface area contributed by atoms with Gasteiger partial charge in [0.1, 0.15) is 16.4 Å². The Morgan fingerprint density at radius 3 is 2.34 bits per heavy atom. The molecule has 0 saturated carbocycles. The van der Waals surface area contributed by atoms with Gasteiger partial charge in [0.15, 0.2) is 17.6 Å². The van der Waals surface area contributed by atoms with E-state index in [9.17, 15) is 14.4 Å². The molecule has 4 aromatic heterocycles. The summed E-state index contributed by atoms with van der Waals surface area (Å²) in [5.74, 6) is -0.146. The van der Waals surface area contributed by atoms with Gasteiger partial charge in [0.05, 0.1) is 41.3 Å². The number of hydrogen-bond donors (Lipinski definition) is 1. The fourth-order valence-corrected chi connectivity index (χ4v) is 6.72. The van der Waals surface area contributed by atoms with Gasteiger partial charge >= 0.3 is 11.9 Å². The number of carbonyl (C=O) groups is 3. The molecule has 2 unspecified atom stereocenters. The molecule has 2 atom stereocenters. The predicted molar refractivity (Wildman–Crippen MR) is 165 cm³/mol. The van der Waals surface area contributed by atoms with Gasteiger partial charge in [0.2, 0.25) is 0 Å². The minimum absolute atomic E-state index is 0.210. The fraction of sp³-hybridized carbons (Fsp3) is 0.303. The van der Waals surface area contributed by atoms with Crippen molar-refractivity contribution in [1.82, 2.24) is 9.97 Å². The third-order valence-corrected chi connectivity index (χ3v) is 8.72. The number of anilines is 1. The van der Waals surface area contributed by atoms with Crippen molar-refractivity contribution in [1.29, 1.82) is 0 Å². The number of rotatable bonds is 9. The van der Waals surface area contributed by atoms with Crippen LogP contribution in [0.2, 0.25) is 0 Å². The fourth-order valence-electron chi connectivity index (χ4n) is 5.32. The minimum atomic E-state index is -1.09. The molecule has 4 heterocycles. The Morgan fingerprint density at radius 2 is 1.70 bits per heavy atom. The third-order valence-electron chi connectivity index (χ3n) is 7.55. The summed E-state index contributed by atoms with van der Waals surface area (Å²) in [4.78, 5) is 50.1. The van der Waals surface area contributed by atoms with E-state index in [0.717, 1.165) is 29.7 Å². The summed E-state index contributed by atoms with van der Waals surface area (Å²) in [5.41, 5.74) is 3.49. The van der Waals surface area contributed by atoms with Crippen LogP contribution in [0.5, 0.6) is 0 Å². The quantitative estimate of drug-likeness (QED) is 0.173. The highest BCUT2D eigenvalue weighted by Crippen LogP contribution is 2.40. The van der Waals surface area contributed by atoms with Crippen LogP contribution in [0.3, 0.4) is 0 Å². The zero-order valence-electron chi connectivity index (χ0n) is 24.5. The Hall–Kier alpha value is -4.77. The van der Waals surface area contributed by atoms with Crippen molar-refractivity contribution in [3.05, 3.63) is 76.6 Å². The first-order chi connectivity index (χ1) is 21.4. The van der Waals surface area contributed by atoms with Gasteiger partial charge in [-0.2, -0.15) is 0 Å². The molecular weight excluding hydrogens is 582 g/mol. The Morgan fingerprint density at radius 1 is 1.00 bits per heavy atom. The second-order valence-corrected chi connectivity index (χ2v) is 11.8. The average Bonchev–Trinajstić information content (AvgIpc) is 3.80. The van der Waals surface area contributed by atoms with E-state index >= 15 is 0 Å². The predicted octanol–water partition coefficient (Wildman–Crippen LogP) is 7.09. The van der Waals surface area contributed by atoms with E-state index in [2.05, 4.69) is 12.2 Å². The molecule has 1 aromatic carbocycles. The molecule has 6 rings (SSSR count). The molecule has 0 spiro atoms. The molecule has 0 bridgehead atoms. The number of nitrogens with one attached hydrogen (secondary N) is 1. The molecule has 44 heavy (non-hydrogen) atoms. The summed E-state index contributed by atoms with van der Waals surface area (Å²) in [5, 5.41) is 3.29. The number of fused-ring (bicyclic) bond motifs is 2. The maximum atomic E-state index is 13.4. The van der Waals surface area contributed by atoms with Crippen molar-refractivity contribution >= 4 is 45.2 Å². The smallest absolute Gasteiger partial charge is 0.341 e. The van der Waals surface area contributed by atoms with Crippen LogP contribution in [0.4, 0.5) is 5.00 Å². The summed E-state index contributed by atoms with van der Waals surface area (Å²) in [6, 6.07) is 11.9. The number of benzene rings is 1. The highest BCUT2D eigenvalue weighted by atomic mass is 32.1. The van der Waals surface area contributed by atoms with E-state index in [0.29, 0.717) is 50.4 Å². The molecule has 0 fully saturated rings. The summed E-state index contributed by atoms with van der Waals surface area (Å²) in [6.45, 7) is 5.90. The van der Waals surface area contributed by atoms with Gasteiger partial charge in [0.25, 0.3) is 5.91 Å². The van der Waals surface area contributed by atoms with Crippen LogP contribution < -0.4 is 5.32 Å². The first-order valence-electron chi connectivity index (χ1n) is 14.6. The number of hydrogen-bond acceptors (Lipinski definition) is 10. The SMILES string of the molecule is CCOC(=O)c1c(NC(=O)C(CC)OC(=O)c2ccc3nc(-c4ccco4)c(-c4ccco4)nc3c2)sc2c1CCC(C)C2. The zero-order valence-corrected chi connectivity index (χ0v) is 25.4. The van der Waals surface area contributed by atoms with Gasteiger partial charge in [-0.1, -0.05) is 13.8 Å². The number of amides is 1. The van der Waals surface area contributed by atoms with E-state index in [4.69, 9.17) is 28.3 Å². The van der Waals surface area contributed by atoms with Crippen LogP contribution in [0, 0.1) is 5.92 Å². The van der Waals surface area contributed by atoms with Crippen LogP contribution in [0.15, 0.2) is 63.8 Å². The lowest BCUT2D eigenvalue weighted by atomic mass is 9.88. The number of nitrogens with zero attached hydrogens (tertiary/aromatic N) is 2. The summed E-state index contributed by atoms with van der Waals surface area (Å²) >= 11 is 1.39. The molecule has 10 nitrogen and oxygen atoms in total. The largest absolute Gasteiger partial charge is 0.463 e. The number of aromatic nitrogens is 2. The molecular formula is C33H31N3O7S. The molecule has 0 radical (unpaired) electrons. The van der Waals surface area contributed by atoms with Crippen molar-refractivity contribution in [2.45, 2.75) is 52.6 Å². The van der Waals surface area contributed by atoms with Gasteiger partial charge in [-0.25, -0.2) is 19.6 Å². The van der Waals surface area contributed by atoms with Gasteiger partial charge < -0.3 is 23.6 Å². The number of carbonyl (C=O) groups excluding carboxylic acids is 3. The van der Waals surface area contributed by atoms with Crippen LogP contribution >= 0.6 is 11.3 Å². The normalized spacial score (nSPS) is 15.0. The molecule has 1 N–H and O–H groups in total. The summed E-state index contributed by atoms with van der Waals surface area (Å²) < 4.78 is 22.1. The molecule has 11 heteroatoms.